The van der Waals surface area contributed by atoms with E-state index < -0.39 is 24.1 Å². The molecule has 1 aliphatic heterocycles. The maximum absolute atomic E-state index is 12.3. The van der Waals surface area contributed by atoms with Crippen molar-refractivity contribution in [1.29, 1.82) is 0 Å². The normalized spacial score (nSPS) is 20.4. The second kappa shape index (κ2) is 16.1. The molecule has 188 valence electrons. The van der Waals surface area contributed by atoms with Crippen LogP contribution in [0.4, 0.5) is 0 Å². The quantitative estimate of drug-likeness (QED) is 0.311. The molecule has 33 heavy (non-hydrogen) atoms. The average Bonchev–Trinajstić information content (AvgIpc) is 3.17. The molecule has 1 aliphatic rings. The van der Waals surface area contributed by atoms with Gasteiger partial charge in [0, 0.05) is 25.5 Å². The van der Waals surface area contributed by atoms with Gasteiger partial charge >= 0.3 is 5.69 Å². The van der Waals surface area contributed by atoms with Gasteiger partial charge in [-0.3, -0.25) is 9.36 Å². The Labute approximate surface area is 198 Å². The monoisotopic (exact) mass is 464 g/mol. The van der Waals surface area contributed by atoms with Gasteiger partial charge in [0.25, 0.3) is 0 Å². The standard InChI is InChI=1S/C26H44N2O5/c1-2-3-4-5-6-7-8-9-10-11-12-13-14-15-22(30)18-21-16-17-28(26(32)27-21)25-19-23(31)24(20-29)33-25/h16-17,23-25,29,31H,2-15,18-20H2,1H3/t23-,24+,25+/m0/s1. The van der Waals surface area contributed by atoms with Crippen LogP contribution in [0.3, 0.4) is 0 Å². The van der Waals surface area contributed by atoms with Crippen LogP contribution in [0.2, 0.25) is 0 Å². The number of ether oxygens (including phenoxy) is 1. The second-order valence-electron chi connectivity index (χ2n) is 9.43. The van der Waals surface area contributed by atoms with E-state index in [-0.39, 0.29) is 25.2 Å². The Morgan fingerprint density at radius 1 is 1.03 bits per heavy atom. The minimum absolute atomic E-state index is 0.107. The molecular weight excluding hydrogens is 420 g/mol. The van der Waals surface area contributed by atoms with Gasteiger partial charge in [0.15, 0.2) is 0 Å². The number of rotatable bonds is 18. The third-order valence-electron chi connectivity index (χ3n) is 6.52. The van der Waals surface area contributed by atoms with E-state index in [0.29, 0.717) is 12.1 Å². The van der Waals surface area contributed by atoms with Gasteiger partial charge in [-0.2, -0.15) is 4.98 Å². The van der Waals surface area contributed by atoms with E-state index in [9.17, 15) is 19.8 Å². The molecule has 2 heterocycles. The van der Waals surface area contributed by atoms with Crippen molar-refractivity contribution >= 4 is 5.78 Å². The summed E-state index contributed by atoms with van der Waals surface area (Å²) in [5.74, 6) is 0.107. The van der Waals surface area contributed by atoms with E-state index in [1.165, 1.54) is 75.2 Å². The van der Waals surface area contributed by atoms with Crippen LogP contribution in [0, 0.1) is 0 Å². The van der Waals surface area contributed by atoms with Gasteiger partial charge in [-0.15, -0.1) is 0 Å². The molecule has 0 saturated carbocycles. The molecule has 0 bridgehead atoms. The van der Waals surface area contributed by atoms with Crippen LogP contribution >= 0.6 is 0 Å². The lowest BCUT2D eigenvalue weighted by Crippen LogP contribution is -2.28. The van der Waals surface area contributed by atoms with Crippen molar-refractivity contribution in [2.75, 3.05) is 6.61 Å². The third kappa shape index (κ3) is 10.5. The third-order valence-corrected chi connectivity index (χ3v) is 6.52. The van der Waals surface area contributed by atoms with Crippen molar-refractivity contribution in [2.45, 2.75) is 128 Å². The van der Waals surface area contributed by atoms with E-state index in [1.54, 1.807) is 12.3 Å². The van der Waals surface area contributed by atoms with Crippen LogP contribution in [-0.2, 0) is 16.0 Å². The molecule has 1 aromatic heterocycles. The number of unbranched alkanes of at least 4 members (excludes halogenated alkanes) is 12. The smallest absolute Gasteiger partial charge is 0.349 e. The van der Waals surface area contributed by atoms with Gasteiger partial charge in [-0.25, -0.2) is 4.79 Å². The largest absolute Gasteiger partial charge is 0.394 e. The summed E-state index contributed by atoms with van der Waals surface area (Å²) in [5.41, 5.74) is -0.0368. The number of ketones is 1. The molecule has 1 saturated heterocycles. The van der Waals surface area contributed by atoms with Crippen LogP contribution in [0.5, 0.6) is 0 Å². The van der Waals surface area contributed by atoms with Crippen LogP contribution < -0.4 is 5.69 Å². The van der Waals surface area contributed by atoms with Crippen LogP contribution in [0.15, 0.2) is 17.1 Å². The highest BCUT2D eigenvalue weighted by Crippen LogP contribution is 2.27. The number of carbonyl (C=O) groups is 1. The second-order valence-corrected chi connectivity index (χ2v) is 9.43. The molecular formula is C26H44N2O5. The average molecular weight is 465 g/mol. The number of aliphatic hydroxyl groups is 2. The first-order chi connectivity index (χ1) is 16.0. The SMILES string of the molecule is CCCCCCCCCCCCCCCC(=O)Cc1ccn([C@H]2C[C@H](O)[C@@H](CO)O2)c(=O)n1. The molecule has 3 atom stereocenters. The zero-order valence-corrected chi connectivity index (χ0v) is 20.4. The lowest BCUT2D eigenvalue weighted by molar-refractivity contribution is -0.118. The predicted molar refractivity (Wildman–Crippen MR) is 129 cm³/mol. The number of nitrogens with zero attached hydrogens (tertiary/aromatic N) is 2. The molecule has 1 fully saturated rings. The van der Waals surface area contributed by atoms with Gasteiger partial charge in [0.1, 0.15) is 18.1 Å². The van der Waals surface area contributed by atoms with Crippen LogP contribution in [0.25, 0.3) is 0 Å². The maximum Gasteiger partial charge on any atom is 0.349 e. The van der Waals surface area contributed by atoms with Crippen LogP contribution in [0.1, 0.15) is 115 Å². The number of carbonyl (C=O) groups excluding carboxylic acids is 1. The highest BCUT2D eigenvalue weighted by atomic mass is 16.5. The van der Waals surface area contributed by atoms with E-state index in [1.807, 2.05) is 0 Å². The Balaban J connectivity index is 1.54. The van der Waals surface area contributed by atoms with Gasteiger partial charge in [0.05, 0.1) is 18.4 Å². The minimum atomic E-state index is -0.812. The summed E-state index contributed by atoms with van der Waals surface area (Å²) in [7, 11) is 0. The van der Waals surface area contributed by atoms with Crippen LogP contribution in [-0.4, -0.2) is 44.4 Å². The predicted octanol–water partition coefficient (Wildman–Crippen LogP) is 4.48. The first-order valence-electron chi connectivity index (χ1n) is 13.1. The number of hydrogen-bond acceptors (Lipinski definition) is 6. The Morgan fingerprint density at radius 2 is 1.61 bits per heavy atom. The zero-order chi connectivity index (χ0) is 23.9. The maximum atomic E-state index is 12.3. The number of aliphatic hydroxyl groups excluding tert-OH is 2. The molecule has 2 rings (SSSR count). The Hall–Kier alpha value is -1.57. The first-order valence-corrected chi connectivity index (χ1v) is 13.1. The molecule has 0 aliphatic carbocycles. The fraction of sp³-hybridized carbons (Fsp3) is 0.808. The molecule has 0 spiro atoms. The minimum Gasteiger partial charge on any atom is -0.394 e. The van der Waals surface area contributed by atoms with Crippen molar-refractivity contribution in [2.24, 2.45) is 0 Å². The van der Waals surface area contributed by atoms with Gasteiger partial charge in [-0.05, 0) is 12.5 Å². The topological polar surface area (TPSA) is 102 Å². The van der Waals surface area contributed by atoms with E-state index in [0.717, 1.165) is 12.8 Å². The lowest BCUT2D eigenvalue weighted by atomic mass is 10.0. The molecule has 7 nitrogen and oxygen atoms in total. The summed E-state index contributed by atoms with van der Waals surface area (Å²) < 4.78 is 6.80. The molecule has 2 N–H and O–H groups in total. The molecule has 7 heteroatoms. The molecule has 1 aromatic rings. The molecule has 0 radical (unpaired) electrons. The summed E-state index contributed by atoms with van der Waals surface area (Å²) in [6, 6.07) is 1.66. The Kier molecular flexibility index (Phi) is 13.5. The molecule has 0 unspecified atom stereocenters. The zero-order valence-electron chi connectivity index (χ0n) is 20.4. The molecule has 0 amide bonds. The summed E-state index contributed by atoms with van der Waals surface area (Å²) in [5, 5.41) is 19.0. The number of Topliss-reactive ketones (excluding diaryl/α,β-unsaturated/α-hetero) is 1. The van der Waals surface area contributed by atoms with Crippen molar-refractivity contribution in [3.63, 3.8) is 0 Å². The Bertz CT molecular complexity index is 736. The van der Waals surface area contributed by atoms with Gasteiger partial charge in [0.2, 0.25) is 0 Å². The van der Waals surface area contributed by atoms with Gasteiger partial charge in [-0.1, -0.05) is 84.0 Å². The van der Waals surface area contributed by atoms with E-state index >= 15 is 0 Å². The highest BCUT2D eigenvalue weighted by molar-refractivity contribution is 5.80. The summed E-state index contributed by atoms with van der Waals surface area (Å²) >= 11 is 0. The summed E-state index contributed by atoms with van der Waals surface area (Å²) in [6.07, 6.45) is 16.9. The van der Waals surface area contributed by atoms with Crippen molar-refractivity contribution in [3.8, 4) is 0 Å². The Morgan fingerprint density at radius 3 is 2.12 bits per heavy atom. The first kappa shape index (κ1) is 27.7. The summed E-state index contributed by atoms with van der Waals surface area (Å²) in [4.78, 5) is 28.6. The van der Waals surface area contributed by atoms with E-state index in [2.05, 4.69) is 11.9 Å². The fourth-order valence-electron chi connectivity index (χ4n) is 4.45. The number of aromatic nitrogens is 2. The molecule has 0 aromatic carbocycles. The summed E-state index contributed by atoms with van der Waals surface area (Å²) in [6.45, 7) is 1.95. The fourth-order valence-corrected chi connectivity index (χ4v) is 4.45. The van der Waals surface area contributed by atoms with Crippen molar-refractivity contribution < 1.29 is 19.7 Å². The lowest BCUT2D eigenvalue weighted by Gasteiger charge is -2.14. The highest BCUT2D eigenvalue weighted by Gasteiger charge is 2.34. The van der Waals surface area contributed by atoms with Crippen molar-refractivity contribution in [1.82, 2.24) is 9.55 Å². The number of hydrogen-bond donors (Lipinski definition) is 2. The van der Waals surface area contributed by atoms with Gasteiger partial charge < -0.3 is 14.9 Å². The van der Waals surface area contributed by atoms with Crippen molar-refractivity contribution in [3.05, 3.63) is 28.4 Å². The van der Waals surface area contributed by atoms with E-state index in [4.69, 9.17) is 4.74 Å².